The molecule has 3 aromatic rings. The summed E-state index contributed by atoms with van der Waals surface area (Å²) in [6.45, 7) is 0.0518. The molecule has 27 heavy (non-hydrogen) atoms. The molecule has 4 rings (SSSR count). The number of hydrogen-bond acceptors (Lipinski definition) is 3. The Hall–Kier alpha value is -2.62. The van der Waals surface area contributed by atoms with Crippen molar-refractivity contribution >= 4 is 11.0 Å². The lowest BCUT2D eigenvalue weighted by molar-refractivity contribution is -0.141. The second-order valence-electron chi connectivity index (χ2n) is 6.46. The van der Waals surface area contributed by atoms with E-state index in [9.17, 15) is 26.3 Å². The van der Waals surface area contributed by atoms with E-state index in [1.54, 1.807) is 0 Å². The second kappa shape index (κ2) is 5.95. The Morgan fingerprint density at radius 3 is 2.44 bits per heavy atom. The molecule has 2 N–H and O–H groups in total. The van der Waals surface area contributed by atoms with E-state index in [2.05, 4.69) is 9.97 Å². The summed E-state index contributed by atoms with van der Waals surface area (Å²) in [6.07, 6.45) is -3.52. The van der Waals surface area contributed by atoms with E-state index in [0.717, 1.165) is 18.3 Å². The minimum Gasteiger partial charge on any atom is -0.326 e. The maximum Gasteiger partial charge on any atom is 0.433 e. The van der Waals surface area contributed by atoms with Gasteiger partial charge in [-0.25, -0.2) is 23.1 Å². The zero-order chi connectivity index (χ0) is 19.5. The van der Waals surface area contributed by atoms with Gasteiger partial charge >= 0.3 is 6.18 Å². The molecule has 0 radical (unpaired) electrons. The average molecular weight is 386 g/mol. The monoisotopic (exact) mass is 386 g/mol. The predicted octanol–water partition coefficient (Wildman–Crippen LogP) is 3.53. The van der Waals surface area contributed by atoms with Gasteiger partial charge in [0.15, 0.2) is 11.6 Å². The number of alkyl halides is 3. The van der Waals surface area contributed by atoms with Gasteiger partial charge in [0.05, 0.1) is 11.7 Å². The lowest BCUT2D eigenvalue weighted by Gasteiger charge is -2.30. The molecule has 10 heteroatoms. The smallest absolute Gasteiger partial charge is 0.326 e. The van der Waals surface area contributed by atoms with Gasteiger partial charge in [0.25, 0.3) is 0 Å². The van der Waals surface area contributed by atoms with Gasteiger partial charge in [0, 0.05) is 31.0 Å². The number of aromatic nitrogens is 3. The van der Waals surface area contributed by atoms with Crippen molar-refractivity contribution in [3.63, 3.8) is 0 Å². The van der Waals surface area contributed by atoms with Crippen LogP contribution in [0.5, 0.6) is 0 Å². The second-order valence-corrected chi connectivity index (χ2v) is 6.46. The molecule has 0 fully saturated rings. The van der Waals surface area contributed by atoms with E-state index < -0.39 is 41.3 Å². The summed E-state index contributed by atoms with van der Waals surface area (Å²) < 4.78 is 81.1. The van der Waals surface area contributed by atoms with Crippen LogP contribution in [0.4, 0.5) is 26.3 Å². The van der Waals surface area contributed by atoms with Crippen LogP contribution < -0.4 is 5.73 Å². The predicted molar refractivity (Wildman–Crippen MR) is 83.3 cm³/mol. The number of hydrogen-bond donors (Lipinski definition) is 1. The quantitative estimate of drug-likeness (QED) is 0.514. The maximum absolute atomic E-state index is 14.1. The molecule has 1 aliphatic rings. The zero-order valence-electron chi connectivity index (χ0n) is 13.6. The number of imidazole rings is 1. The number of fused-ring (bicyclic) bond motifs is 3. The van der Waals surface area contributed by atoms with Crippen LogP contribution in [-0.4, -0.2) is 20.6 Å². The lowest BCUT2D eigenvalue weighted by Crippen LogP contribution is -2.39. The Bertz CT molecular complexity index is 1040. The number of nitrogens with two attached hydrogens (primary N) is 1. The molecule has 1 aliphatic heterocycles. The van der Waals surface area contributed by atoms with E-state index in [1.807, 2.05) is 0 Å². The van der Waals surface area contributed by atoms with Gasteiger partial charge in [-0.1, -0.05) is 0 Å². The first-order valence-electron chi connectivity index (χ1n) is 7.97. The molecule has 0 bridgehead atoms. The normalized spacial score (nSPS) is 20.1. The van der Waals surface area contributed by atoms with E-state index in [0.29, 0.717) is 11.9 Å². The van der Waals surface area contributed by atoms with Crippen molar-refractivity contribution < 1.29 is 26.3 Å². The molecule has 2 aromatic heterocycles. The fourth-order valence-electron chi connectivity index (χ4n) is 3.44. The van der Waals surface area contributed by atoms with Crippen molar-refractivity contribution in [2.45, 2.75) is 31.1 Å². The maximum atomic E-state index is 14.1. The summed E-state index contributed by atoms with van der Waals surface area (Å²) >= 11 is 0. The molecule has 142 valence electrons. The van der Waals surface area contributed by atoms with Gasteiger partial charge in [-0.05, 0) is 17.7 Å². The van der Waals surface area contributed by atoms with Crippen molar-refractivity contribution in [1.29, 1.82) is 0 Å². The Morgan fingerprint density at radius 1 is 1.04 bits per heavy atom. The highest BCUT2D eigenvalue weighted by Crippen LogP contribution is 2.35. The van der Waals surface area contributed by atoms with Crippen LogP contribution in [0, 0.1) is 17.5 Å². The molecule has 0 saturated carbocycles. The molecule has 2 unspecified atom stereocenters. The van der Waals surface area contributed by atoms with Crippen molar-refractivity contribution in [2.24, 2.45) is 5.73 Å². The molecule has 0 aliphatic carbocycles. The first-order valence-corrected chi connectivity index (χ1v) is 7.97. The fourth-order valence-corrected chi connectivity index (χ4v) is 3.44. The molecule has 4 nitrogen and oxygen atoms in total. The van der Waals surface area contributed by atoms with Crippen molar-refractivity contribution in [1.82, 2.24) is 14.5 Å². The van der Waals surface area contributed by atoms with Gasteiger partial charge in [-0.15, -0.1) is 0 Å². The van der Waals surface area contributed by atoms with Crippen LogP contribution in [-0.2, 0) is 19.1 Å². The van der Waals surface area contributed by atoms with Crippen molar-refractivity contribution in [2.75, 3.05) is 0 Å². The van der Waals surface area contributed by atoms with E-state index in [4.69, 9.17) is 5.73 Å². The Balaban J connectivity index is 1.78. The van der Waals surface area contributed by atoms with E-state index in [-0.39, 0.29) is 29.6 Å². The molecule has 0 amide bonds. The average Bonchev–Trinajstić information content (AvgIpc) is 2.93. The summed E-state index contributed by atoms with van der Waals surface area (Å²) in [4.78, 5) is 7.61. The van der Waals surface area contributed by atoms with Crippen molar-refractivity contribution in [3.8, 4) is 0 Å². The number of pyridine rings is 1. The first-order chi connectivity index (χ1) is 12.6. The standard InChI is InChI=1S/C17H12F6N4/c18-9-3-11(20)10(19)1-7(9)8-2-16-26-13-5-25-15(17(21,22)23)4-14(13)27(16)6-12(8)24/h1,3-5,8,12H,2,6,24H2. The summed E-state index contributed by atoms with van der Waals surface area (Å²) in [7, 11) is 0. The molecular weight excluding hydrogens is 374 g/mol. The summed E-state index contributed by atoms with van der Waals surface area (Å²) in [6, 6.07) is 1.37. The van der Waals surface area contributed by atoms with Gasteiger partial charge in [0.1, 0.15) is 22.9 Å². The van der Waals surface area contributed by atoms with E-state index in [1.165, 1.54) is 4.57 Å². The minimum atomic E-state index is -4.60. The Kier molecular flexibility index (Phi) is 3.91. The zero-order valence-corrected chi connectivity index (χ0v) is 13.6. The number of benzene rings is 1. The third-order valence-electron chi connectivity index (χ3n) is 4.76. The molecule has 0 saturated heterocycles. The highest BCUT2D eigenvalue weighted by atomic mass is 19.4. The third kappa shape index (κ3) is 2.93. The third-order valence-corrected chi connectivity index (χ3v) is 4.76. The molecule has 0 spiro atoms. The van der Waals surface area contributed by atoms with Gasteiger partial charge in [-0.2, -0.15) is 13.2 Å². The van der Waals surface area contributed by atoms with Crippen LogP contribution in [0.1, 0.15) is 23.0 Å². The topological polar surface area (TPSA) is 56.7 Å². The number of nitrogens with zero attached hydrogens (tertiary/aromatic N) is 3. The van der Waals surface area contributed by atoms with Gasteiger partial charge in [-0.3, -0.25) is 0 Å². The van der Waals surface area contributed by atoms with Gasteiger partial charge < -0.3 is 10.3 Å². The van der Waals surface area contributed by atoms with E-state index >= 15 is 0 Å². The SMILES string of the molecule is NC1Cn2c(nc3cnc(C(F)(F)F)cc32)CC1c1cc(F)c(F)cc1F. The number of rotatable bonds is 1. The van der Waals surface area contributed by atoms with Crippen LogP contribution in [0.25, 0.3) is 11.0 Å². The molecule has 2 atom stereocenters. The van der Waals surface area contributed by atoms with Crippen LogP contribution >= 0.6 is 0 Å². The number of halogens is 6. The lowest BCUT2D eigenvalue weighted by atomic mass is 9.86. The van der Waals surface area contributed by atoms with Gasteiger partial charge in [0.2, 0.25) is 0 Å². The Labute approximate surface area is 148 Å². The summed E-state index contributed by atoms with van der Waals surface area (Å²) in [5.74, 6) is -3.75. The highest BCUT2D eigenvalue weighted by Gasteiger charge is 2.35. The van der Waals surface area contributed by atoms with Crippen molar-refractivity contribution in [3.05, 3.63) is 58.9 Å². The highest BCUT2D eigenvalue weighted by molar-refractivity contribution is 5.76. The largest absolute Gasteiger partial charge is 0.433 e. The fraction of sp³-hybridized carbons (Fsp3) is 0.294. The van der Waals surface area contributed by atoms with Crippen LogP contribution in [0.2, 0.25) is 0 Å². The Morgan fingerprint density at radius 2 is 1.74 bits per heavy atom. The van der Waals surface area contributed by atoms with Crippen LogP contribution in [0.15, 0.2) is 24.4 Å². The van der Waals surface area contributed by atoms with Crippen LogP contribution in [0.3, 0.4) is 0 Å². The molecule has 1 aromatic carbocycles. The first kappa shape index (κ1) is 17.8. The summed E-state index contributed by atoms with van der Waals surface area (Å²) in [5.41, 5.74) is 5.40. The summed E-state index contributed by atoms with van der Waals surface area (Å²) in [5, 5.41) is 0. The molecule has 3 heterocycles. The molecular formula is C17H12F6N4. The minimum absolute atomic E-state index is 0.0518.